The molecule has 1 aromatic carbocycles. The summed E-state index contributed by atoms with van der Waals surface area (Å²) in [6, 6.07) is 9.85. The molecule has 2 N–H and O–H groups in total. The molecule has 0 spiro atoms. The second kappa shape index (κ2) is 9.05. The predicted molar refractivity (Wildman–Crippen MR) is 102 cm³/mol. The van der Waals surface area contributed by atoms with Crippen LogP contribution in [0.25, 0.3) is 0 Å². The lowest BCUT2D eigenvalue weighted by molar-refractivity contribution is -0.139. The van der Waals surface area contributed by atoms with Gasteiger partial charge in [0.15, 0.2) is 0 Å². The Morgan fingerprint density at radius 1 is 1.24 bits per heavy atom. The number of hydrogen-bond donors (Lipinski definition) is 2. The average molecular weight is 399 g/mol. The van der Waals surface area contributed by atoms with Gasteiger partial charge in [-0.15, -0.1) is 0 Å². The van der Waals surface area contributed by atoms with Crippen LogP contribution in [0.2, 0.25) is 0 Å². The van der Waals surface area contributed by atoms with Crippen LogP contribution in [-0.2, 0) is 25.7 Å². The van der Waals surface area contributed by atoms with Gasteiger partial charge < -0.3 is 24.7 Å². The molecule has 1 aliphatic heterocycles. The number of likely N-dealkylation sites (tertiary alicyclic amines) is 1. The summed E-state index contributed by atoms with van der Waals surface area (Å²) in [5, 5.41) is 5.17. The van der Waals surface area contributed by atoms with Crippen LogP contribution in [0.1, 0.15) is 22.5 Å². The molecule has 152 valence electrons. The summed E-state index contributed by atoms with van der Waals surface area (Å²) in [7, 11) is 1.23. The van der Waals surface area contributed by atoms with E-state index in [9.17, 15) is 19.2 Å². The topological polar surface area (TPSA) is 118 Å². The van der Waals surface area contributed by atoms with Gasteiger partial charge >= 0.3 is 5.97 Å². The van der Waals surface area contributed by atoms with E-state index >= 15 is 0 Å². The van der Waals surface area contributed by atoms with E-state index in [2.05, 4.69) is 15.4 Å². The number of carbonyl (C=O) groups excluding carboxylic acids is 4. The third-order valence-electron chi connectivity index (χ3n) is 4.53. The van der Waals surface area contributed by atoms with Crippen LogP contribution in [0.4, 0.5) is 5.69 Å². The van der Waals surface area contributed by atoms with Crippen molar-refractivity contribution in [1.82, 2.24) is 10.2 Å². The highest BCUT2D eigenvalue weighted by atomic mass is 16.5. The number of rotatable bonds is 7. The Hall–Kier alpha value is -3.62. The minimum absolute atomic E-state index is 0.113. The molecule has 2 heterocycles. The smallest absolute Gasteiger partial charge is 0.325 e. The van der Waals surface area contributed by atoms with Gasteiger partial charge in [0.2, 0.25) is 11.8 Å². The Morgan fingerprint density at radius 3 is 2.79 bits per heavy atom. The number of hydrogen-bond acceptors (Lipinski definition) is 6. The number of carbonyl (C=O) groups is 4. The average Bonchev–Trinajstić information content (AvgIpc) is 3.36. The zero-order valence-electron chi connectivity index (χ0n) is 15.8. The molecule has 29 heavy (non-hydrogen) atoms. The number of esters is 1. The summed E-state index contributed by atoms with van der Waals surface area (Å²) in [6.45, 7) is 0.373. The zero-order valence-corrected chi connectivity index (χ0v) is 15.8. The number of nitrogens with zero attached hydrogens (tertiary/aromatic N) is 1. The number of furan rings is 1. The van der Waals surface area contributed by atoms with E-state index < -0.39 is 17.8 Å². The summed E-state index contributed by atoms with van der Waals surface area (Å²) in [5.41, 5.74) is 0.714. The third-order valence-corrected chi connectivity index (χ3v) is 4.53. The molecule has 0 radical (unpaired) electrons. The lowest BCUT2D eigenvalue weighted by Crippen LogP contribution is -2.30. The van der Waals surface area contributed by atoms with E-state index in [1.165, 1.54) is 19.4 Å². The second-order valence-electron chi connectivity index (χ2n) is 6.58. The Morgan fingerprint density at radius 2 is 2.07 bits per heavy atom. The van der Waals surface area contributed by atoms with E-state index in [0.29, 0.717) is 24.5 Å². The van der Waals surface area contributed by atoms with Crippen molar-refractivity contribution in [2.45, 2.75) is 13.0 Å². The minimum Gasteiger partial charge on any atom is -0.468 e. The largest absolute Gasteiger partial charge is 0.468 e. The van der Waals surface area contributed by atoms with E-state index in [1.54, 1.807) is 35.2 Å². The van der Waals surface area contributed by atoms with Crippen LogP contribution < -0.4 is 10.6 Å². The normalized spacial score (nSPS) is 15.8. The van der Waals surface area contributed by atoms with Crippen molar-refractivity contribution in [3.63, 3.8) is 0 Å². The second-order valence-corrected chi connectivity index (χ2v) is 6.58. The molecule has 1 fully saturated rings. The van der Waals surface area contributed by atoms with Crippen LogP contribution in [0.3, 0.4) is 0 Å². The first-order valence-electron chi connectivity index (χ1n) is 9.02. The van der Waals surface area contributed by atoms with Gasteiger partial charge in [-0.05, 0) is 30.3 Å². The SMILES string of the molecule is COC(=O)CNC(=O)c1cccc(NC(=O)[C@H]2CC(=O)N(Cc3ccco3)C2)c1. The van der Waals surface area contributed by atoms with E-state index in [-0.39, 0.29) is 30.3 Å². The molecular weight excluding hydrogens is 378 g/mol. The molecule has 9 heteroatoms. The van der Waals surface area contributed by atoms with E-state index in [0.717, 1.165) is 0 Å². The molecule has 3 amide bonds. The quantitative estimate of drug-likeness (QED) is 0.675. The first-order valence-corrected chi connectivity index (χ1v) is 9.02. The molecule has 0 bridgehead atoms. The standard InChI is InChI=1S/C20H21N3O6/c1-28-18(25)10-21-19(26)13-4-2-5-15(8-13)22-20(27)14-9-17(24)23(11-14)12-16-6-3-7-29-16/h2-8,14H,9-12H2,1H3,(H,21,26)(H,22,27)/t14-/m0/s1. The number of anilines is 1. The predicted octanol–water partition coefficient (Wildman–Crippen LogP) is 1.17. The highest BCUT2D eigenvalue weighted by Gasteiger charge is 2.34. The molecule has 0 saturated carbocycles. The van der Waals surface area contributed by atoms with Gasteiger partial charge in [-0.25, -0.2) is 0 Å². The lowest BCUT2D eigenvalue weighted by Gasteiger charge is -2.15. The van der Waals surface area contributed by atoms with Gasteiger partial charge in [0.1, 0.15) is 12.3 Å². The summed E-state index contributed by atoms with van der Waals surface area (Å²) in [5.74, 6) is -1.27. The molecule has 1 aromatic heterocycles. The number of ether oxygens (including phenoxy) is 1. The monoisotopic (exact) mass is 399 g/mol. The molecule has 0 aliphatic carbocycles. The lowest BCUT2D eigenvalue weighted by atomic mass is 10.1. The molecule has 3 rings (SSSR count). The van der Waals surface area contributed by atoms with Crippen molar-refractivity contribution in [3.8, 4) is 0 Å². The summed E-state index contributed by atoms with van der Waals surface area (Å²) >= 11 is 0. The van der Waals surface area contributed by atoms with Gasteiger partial charge in [0.25, 0.3) is 5.91 Å². The first-order chi connectivity index (χ1) is 14.0. The molecule has 0 unspecified atom stereocenters. The van der Waals surface area contributed by atoms with Crippen LogP contribution in [0.5, 0.6) is 0 Å². The molecule has 1 saturated heterocycles. The number of benzene rings is 1. The van der Waals surface area contributed by atoms with E-state index in [1.807, 2.05) is 0 Å². The maximum Gasteiger partial charge on any atom is 0.325 e. The first kappa shape index (κ1) is 20.1. The van der Waals surface area contributed by atoms with Crippen LogP contribution in [-0.4, -0.2) is 48.8 Å². The Balaban J connectivity index is 1.57. The molecule has 1 aliphatic rings. The molecular formula is C20H21N3O6. The third kappa shape index (κ3) is 5.22. The van der Waals surface area contributed by atoms with E-state index in [4.69, 9.17) is 4.42 Å². The Kier molecular flexibility index (Phi) is 6.28. The van der Waals surface area contributed by atoms with Crippen molar-refractivity contribution in [2.24, 2.45) is 5.92 Å². The van der Waals surface area contributed by atoms with Gasteiger partial charge in [-0.3, -0.25) is 19.2 Å². The highest BCUT2D eigenvalue weighted by Crippen LogP contribution is 2.22. The van der Waals surface area contributed by atoms with Gasteiger partial charge in [-0.2, -0.15) is 0 Å². The Labute approximate surface area is 167 Å². The number of amides is 3. The van der Waals surface area contributed by atoms with Gasteiger partial charge in [-0.1, -0.05) is 6.07 Å². The highest BCUT2D eigenvalue weighted by molar-refractivity contribution is 6.00. The molecule has 2 aromatic rings. The maximum atomic E-state index is 12.6. The number of methoxy groups -OCH3 is 1. The fourth-order valence-electron chi connectivity index (χ4n) is 3.00. The maximum absolute atomic E-state index is 12.6. The van der Waals surface area contributed by atoms with Gasteiger partial charge in [0, 0.05) is 24.2 Å². The minimum atomic E-state index is -0.562. The van der Waals surface area contributed by atoms with Crippen molar-refractivity contribution in [3.05, 3.63) is 54.0 Å². The molecule has 1 atom stereocenters. The van der Waals surface area contributed by atoms with Crippen molar-refractivity contribution >= 4 is 29.4 Å². The van der Waals surface area contributed by atoms with Gasteiger partial charge in [0.05, 0.1) is 25.8 Å². The summed E-state index contributed by atoms with van der Waals surface area (Å²) < 4.78 is 9.72. The van der Waals surface area contributed by atoms with Crippen LogP contribution >= 0.6 is 0 Å². The fourth-order valence-corrected chi connectivity index (χ4v) is 3.00. The van der Waals surface area contributed by atoms with Crippen molar-refractivity contribution in [2.75, 3.05) is 25.5 Å². The van der Waals surface area contributed by atoms with Crippen LogP contribution in [0, 0.1) is 5.92 Å². The number of nitrogens with one attached hydrogen (secondary N) is 2. The van der Waals surface area contributed by atoms with Crippen molar-refractivity contribution in [1.29, 1.82) is 0 Å². The molecule has 9 nitrogen and oxygen atoms in total. The summed E-state index contributed by atoms with van der Waals surface area (Å²) in [6.07, 6.45) is 1.65. The van der Waals surface area contributed by atoms with Crippen molar-refractivity contribution < 1.29 is 28.3 Å². The summed E-state index contributed by atoms with van der Waals surface area (Å²) in [4.78, 5) is 49.6. The van der Waals surface area contributed by atoms with Crippen LogP contribution in [0.15, 0.2) is 47.1 Å². The fraction of sp³-hybridized carbons (Fsp3) is 0.300. The Bertz CT molecular complexity index is 909. The zero-order chi connectivity index (χ0) is 20.8.